The van der Waals surface area contributed by atoms with E-state index in [0.717, 1.165) is 16.3 Å². The maximum absolute atomic E-state index is 13.9. The van der Waals surface area contributed by atoms with Crippen LogP contribution in [0.5, 0.6) is 5.75 Å². The second-order valence-electron chi connectivity index (χ2n) is 7.77. The Labute approximate surface area is 199 Å². The summed E-state index contributed by atoms with van der Waals surface area (Å²) >= 11 is 0. The molecule has 8 heteroatoms. The lowest BCUT2D eigenvalue weighted by molar-refractivity contribution is 0.0556. The number of pyridine rings is 2. The van der Waals surface area contributed by atoms with Crippen LogP contribution in [0.25, 0.3) is 27.3 Å². The number of esters is 2. The second kappa shape index (κ2) is 8.57. The summed E-state index contributed by atoms with van der Waals surface area (Å²) in [6.45, 7) is 0. The van der Waals surface area contributed by atoms with Gasteiger partial charge in [0.25, 0.3) is 0 Å². The number of carbonyl (C=O) groups excluding carboxylic acids is 3. The molecule has 3 heterocycles. The number of hydrogen-bond donors (Lipinski definition) is 0. The average molecular weight is 468 g/mol. The van der Waals surface area contributed by atoms with E-state index < -0.39 is 17.7 Å². The van der Waals surface area contributed by atoms with Gasteiger partial charge in [-0.15, -0.1) is 0 Å². The largest absolute Gasteiger partial charge is 0.497 e. The topological polar surface area (TPSA) is 96.2 Å². The molecule has 3 aromatic heterocycles. The zero-order chi connectivity index (χ0) is 24.7. The van der Waals surface area contributed by atoms with E-state index in [2.05, 4.69) is 4.98 Å². The molecular formula is C27H20N2O6. The first-order valence-electron chi connectivity index (χ1n) is 10.7. The van der Waals surface area contributed by atoms with Gasteiger partial charge in [-0.1, -0.05) is 12.1 Å². The van der Waals surface area contributed by atoms with Crippen LogP contribution in [0.4, 0.5) is 0 Å². The van der Waals surface area contributed by atoms with Crippen molar-refractivity contribution in [1.82, 2.24) is 9.38 Å². The minimum absolute atomic E-state index is 0.00158. The van der Waals surface area contributed by atoms with Crippen LogP contribution >= 0.6 is 0 Å². The molecule has 2 aromatic carbocycles. The predicted molar refractivity (Wildman–Crippen MR) is 129 cm³/mol. The van der Waals surface area contributed by atoms with Crippen LogP contribution in [-0.4, -0.2) is 48.4 Å². The lowest BCUT2D eigenvalue weighted by Crippen LogP contribution is -2.15. The Balaban J connectivity index is 1.95. The first kappa shape index (κ1) is 22.1. The van der Waals surface area contributed by atoms with Crippen LogP contribution < -0.4 is 4.74 Å². The van der Waals surface area contributed by atoms with E-state index in [-0.39, 0.29) is 16.8 Å². The van der Waals surface area contributed by atoms with Crippen molar-refractivity contribution in [3.05, 3.63) is 89.2 Å². The SMILES string of the molecule is COC(=O)c1c(C(=O)OC)c2ccc3c4ncccc4ccc3n2c1C(=O)c1ccc(OC)cc1. The van der Waals surface area contributed by atoms with Crippen molar-refractivity contribution in [3.8, 4) is 5.75 Å². The maximum atomic E-state index is 13.9. The molecule has 0 saturated heterocycles. The Hall–Kier alpha value is -4.72. The summed E-state index contributed by atoms with van der Waals surface area (Å²) < 4.78 is 16.8. The maximum Gasteiger partial charge on any atom is 0.341 e. The van der Waals surface area contributed by atoms with Crippen molar-refractivity contribution in [1.29, 1.82) is 0 Å². The number of rotatable bonds is 5. The van der Waals surface area contributed by atoms with E-state index >= 15 is 0 Å². The summed E-state index contributed by atoms with van der Waals surface area (Å²) in [4.78, 5) is 44.3. The molecule has 0 saturated carbocycles. The Morgan fingerprint density at radius 2 is 1.46 bits per heavy atom. The minimum atomic E-state index is -0.821. The average Bonchev–Trinajstić information content (AvgIpc) is 3.27. The molecule has 174 valence electrons. The summed E-state index contributed by atoms with van der Waals surface area (Å²) in [5.74, 6) is -1.47. The Morgan fingerprint density at radius 3 is 2.14 bits per heavy atom. The zero-order valence-electron chi connectivity index (χ0n) is 19.2. The highest BCUT2D eigenvalue weighted by molar-refractivity contribution is 6.21. The Kier molecular flexibility index (Phi) is 5.41. The monoisotopic (exact) mass is 468 g/mol. The van der Waals surface area contributed by atoms with Gasteiger partial charge in [0.1, 0.15) is 22.6 Å². The van der Waals surface area contributed by atoms with Crippen LogP contribution in [0.15, 0.2) is 66.9 Å². The summed E-state index contributed by atoms with van der Waals surface area (Å²) in [6, 6.07) is 17.5. The fraction of sp³-hybridized carbons (Fsp3) is 0.111. The molecule has 0 spiro atoms. The minimum Gasteiger partial charge on any atom is -0.497 e. The first-order chi connectivity index (χ1) is 17.0. The first-order valence-corrected chi connectivity index (χ1v) is 10.7. The van der Waals surface area contributed by atoms with Crippen LogP contribution in [0.3, 0.4) is 0 Å². The normalized spacial score (nSPS) is 11.1. The molecule has 0 N–H and O–H groups in total. The lowest BCUT2D eigenvalue weighted by atomic mass is 10.0. The molecule has 35 heavy (non-hydrogen) atoms. The summed E-state index contributed by atoms with van der Waals surface area (Å²) in [5, 5.41) is 1.66. The Bertz CT molecular complexity index is 1650. The number of nitrogens with zero attached hydrogens (tertiary/aromatic N) is 2. The van der Waals surface area contributed by atoms with Gasteiger partial charge in [-0.25, -0.2) is 9.59 Å². The highest BCUT2D eigenvalue weighted by Crippen LogP contribution is 2.33. The van der Waals surface area contributed by atoms with Gasteiger partial charge in [0, 0.05) is 22.5 Å². The van der Waals surface area contributed by atoms with Gasteiger partial charge in [0.05, 0.1) is 37.9 Å². The lowest BCUT2D eigenvalue weighted by Gasteiger charge is -2.10. The zero-order valence-corrected chi connectivity index (χ0v) is 19.2. The van der Waals surface area contributed by atoms with Gasteiger partial charge in [-0.2, -0.15) is 0 Å². The van der Waals surface area contributed by atoms with E-state index in [0.29, 0.717) is 22.3 Å². The second-order valence-corrected chi connectivity index (χ2v) is 7.77. The number of fused-ring (bicyclic) bond motifs is 5. The van der Waals surface area contributed by atoms with Crippen molar-refractivity contribution in [3.63, 3.8) is 0 Å². The Morgan fingerprint density at radius 1 is 0.771 bits per heavy atom. The molecular weight excluding hydrogens is 448 g/mol. The van der Waals surface area contributed by atoms with Gasteiger partial charge in [0.2, 0.25) is 5.78 Å². The molecule has 8 nitrogen and oxygen atoms in total. The van der Waals surface area contributed by atoms with Gasteiger partial charge in [-0.05, 0) is 48.5 Å². The van der Waals surface area contributed by atoms with Gasteiger partial charge in [-0.3, -0.25) is 9.78 Å². The number of carbonyl (C=O) groups is 3. The molecule has 0 atom stereocenters. The standard InChI is InChI=1S/C27H20N2O6/c1-33-17-9-6-16(7-10-17)25(30)24-22(27(32)35-3)21(26(31)34-2)20-13-11-18-19(29(20)24)12-8-15-5-4-14-28-23(15)18/h4-14H,1-3H3. The highest BCUT2D eigenvalue weighted by Gasteiger charge is 2.34. The van der Waals surface area contributed by atoms with Gasteiger partial charge < -0.3 is 18.6 Å². The molecule has 0 bridgehead atoms. The van der Waals surface area contributed by atoms with E-state index in [1.807, 2.05) is 30.3 Å². The number of aromatic nitrogens is 2. The number of hydrogen-bond acceptors (Lipinski definition) is 7. The van der Waals surface area contributed by atoms with Crippen molar-refractivity contribution in [2.24, 2.45) is 0 Å². The van der Waals surface area contributed by atoms with E-state index in [1.165, 1.54) is 21.3 Å². The van der Waals surface area contributed by atoms with Gasteiger partial charge >= 0.3 is 11.9 Å². The van der Waals surface area contributed by atoms with Crippen LogP contribution in [0.1, 0.15) is 36.8 Å². The molecule has 5 aromatic rings. The fourth-order valence-electron chi connectivity index (χ4n) is 4.38. The van der Waals surface area contributed by atoms with Crippen molar-refractivity contribution in [2.75, 3.05) is 21.3 Å². The molecule has 0 aliphatic heterocycles. The van der Waals surface area contributed by atoms with E-state index in [1.54, 1.807) is 40.9 Å². The predicted octanol–water partition coefficient (Wildman–Crippen LogP) is 4.45. The number of ether oxygens (including phenoxy) is 3. The quantitative estimate of drug-likeness (QED) is 0.214. The van der Waals surface area contributed by atoms with Crippen molar-refractivity contribution in [2.45, 2.75) is 0 Å². The third-order valence-electron chi connectivity index (χ3n) is 5.99. The molecule has 0 fully saturated rings. The molecule has 0 aliphatic rings. The number of methoxy groups -OCH3 is 3. The summed E-state index contributed by atoms with van der Waals surface area (Å²) in [7, 11) is 3.94. The third kappa shape index (κ3) is 3.38. The van der Waals surface area contributed by atoms with Crippen LogP contribution in [-0.2, 0) is 9.47 Å². The molecule has 0 radical (unpaired) electrons. The highest BCUT2D eigenvalue weighted by atomic mass is 16.5. The molecule has 5 rings (SSSR count). The summed E-state index contributed by atoms with van der Waals surface area (Å²) in [5.41, 5.74) is 1.78. The summed E-state index contributed by atoms with van der Waals surface area (Å²) in [6.07, 6.45) is 1.69. The smallest absolute Gasteiger partial charge is 0.341 e. The molecule has 0 amide bonds. The third-order valence-corrected chi connectivity index (χ3v) is 5.99. The molecule has 0 aliphatic carbocycles. The molecule has 0 unspecified atom stereocenters. The van der Waals surface area contributed by atoms with Crippen molar-refractivity contribution >= 4 is 45.0 Å². The van der Waals surface area contributed by atoms with E-state index in [4.69, 9.17) is 14.2 Å². The van der Waals surface area contributed by atoms with Crippen LogP contribution in [0, 0.1) is 0 Å². The number of benzene rings is 2. The van der Waals surface area contributed by atoms with Crippen LogP contribution in [0.2, 0.25) is 0 Å². The fourth-order valence-corrected chi connectivity index (χ4v) is 4.38. The van der Waals surface area contributed by atoms with Crippen molar-refractivity contribution < 1.29 is 28.6 Å². The number of ketones is 1. The van der Waals surface area contributed by atoms with E-state index in [9.17, 15) is 14.4 Å². The van der Waals surface area contributed by atoms with Gasteiger partial charge in [0.15, 0.2) is 0 Å².